The fraction of sp³-hybridized carbons (Fsp3) is 0.741. The van der Waals surface area contributed by atoms with Crippen LogP contribution in [0.25, 0.3) is 0 Å². The van der Waals surface area contributed by atoms with E-state index in [1.165, 1.54) is 17.8 Å². The molecular weight excluding hydrogens is 462 g/mol. The molecule has 2 fully saturated rings. The van der Waals surface area contributed by atoms with Crippen LogP contribution < -0.4 is 5.32 Å². The number of nitrogens with zero attached hydrogens (tertiary/aromatic N) is 2. The summed E-state index contributed by atoms with van der Waals surface area (Å²) in [6.07, 6.45) is 12.3. The first kappa shape index (κ1) is 26.1. The second kappa shape index (κ2) is 10.2. The Morgan fingerprint density at radius 1 is 1.26 bits per heavy atom. The van der Waals surface area contributed by atoms with Crippen molar-refractivity contribution >= 4 is 28.3 Å². The van der Waals surface area contributed by atoms with Crippen molar-refractivity contribution in [1.82, 2.24) is 9.88 Å². The summed E-state index contributed by atoms with van der Waals surface area (Å²) in [6.45, 7) is 4.26. The predicted octanol–water partition coefficient (Wildman–Crippen LogP) is 3.56. The van der Waals surface area contributed by atoms with Crippen LogP contribution in [0.2, 0.25) is 0 Å². The predicted molar refractivity (Wildman–Crippen MR) is 137 cm³/mol. The SMILES string of the molecule is C#CCN(C)C(=O)CC1c2nc(NC(=O)C3CCCCC3)sc2CC2C(C)(CO)C(O)CCC12C. The third kappa shape index (κ3) is 4.75. The maximum absolute atomic E-state index is 13.2. The third-order valence-electron chi connectivity index (χ3n) is 9.23. The van der Waals surface area contributed by atoms with Crippen LogP contribution in [0, 0.1) is 35.0 Å². The van der Waals surface area contributed by atoms with Crippen LogP contribution in [0.15, 0.2) is 0 Å². The number of carbonyl (C=O) groups is 2. The summed E-state index contributed by atoms with van der Waals surface area (Å²) in [4.78, 5) is 33.6. The average Bonchev–Trinajstić information content (AvgIpc) is 3.25. The number of carbonyl (C=O) groups excluding carboxylic acids is 2. The van der Waals surface area contributed by atoms with Crippen LogP contribution in [0.4, 0.5) is 5.13 Å². The number of fused-ring (bicyclic) bond motifs is 2. The Bertz CT molecular complexity index is 997. The third-order valence-corrected chi connectivity index (χ3v) is 10.2. The number of hydrogen-bond acceptors (Lipinski definition) is 6. The van der Waals surface area contributed by atoms with E-state index in [4.69, 9.17) is 11.4 Å². The van der Waals surface area contributed by atoms with Gasteiger partial charge in [0.15, 0.2) is 5.13 Å². The normalized spacial score (nSPS) is 32.7. The zero-order valence-corrected chi connectivity index (χ0v) is 22.0. The van der Waals surface area contributed by atoms with Gasteiger partial charge in [-0.3, -0.25) is 9.59 Å². The number of nitrogens with one attached hydrogen (secondary N) is 1. The quantitative estimate of drug-likeness (QED) is 0.517. The highest BCUT2D eigenvalue weighted by molar-refractivity contribution is 7.15. The van der Waals surface area contributed by atoms with Gasteiger partial charge in [-0.1, -0.05) is 39.0 Å². The number of amides is 2. The van der Waals surface area contributed by atoms with Crippen LogP contribution in [0.5, 0.6) is 0 Å². The molecule has 2 saturated carbocycles. The fourth-order valence-corrected chi connectivity index (χ4v) is 7.90. The zero-order valence-electron chi connectivity index (χ0n) is 21.2. The first-order chi connectivity index (χ1) is 16.6. The van der Waals surface area contributed by atoms with Crippen molar-refractivity contribution in [1.29, 1.82) is 0 Å². The molecule has 3 aliphatic rings. The lowest BCUT2D eigenvalue weighted by Gasteiger charge is -2.58. The first-order valence-electron chi connectivity index (χ1n) is 12.9. The van der Waals surface area contributed by atoms with E-state index >= 15 is 0 Å². The minimum absolute atomic E-state index is 0.0191. The van der Waals surface area contributed by atoms with Crippen molar-refractivity contribution in [3.8, 4) is 12.3 Å². The lowest BCUT2D eigenvalue weighted by atomic mass is 9.47. The van der Waals surface area contributed by atoms with Crippen molar-refractivity contribution in [2.24, 2.45) is 22.7 Å². The number of hydrogen-bond donors (Lipinski definition) is 3. The van der Waals surface area contributed by atoms with Gasteiger partial charge in [-0.15, -0.1) is 17.8 Å². The van der Waals surface area contributed by atoms with Gasteiger partial charge in [-0.05, 0) is 43.4 Å². The van der Waals surface area contributed by atoms with Crippen molar-refractivity contribution in [3.63, 3.8) is 0 Å². The largest absolute Gasteiger partial charge is 0.396 e. The number of aromatic nitrogens is 1. The summed E-state index contributed by atoms with van der Waals surface area (Å²) in [7, 11) is 1.71. The first-order valence-corrected chi connectivity index (χ1v) is 13.7. The molecule has 0 spiro atoms. The van der Waals surface area contributed by atoms with Crippen LogP contribution in [0.3, 0.4) is 0 Å². The summed E-state index contributed by atoms with van der Waals surface area (Å²) in [5, 5.41) is 25.0. The number of terminal acetylenes is 1. The Morgan fingerprint density at radius 2 is 1.97 bits per heavy atom. The van der Waals surface area contributed by atoms with Crippen molar-refractivity contribution in [3.05, 3.63) is 10.6 Å². The number of anilines is 1. The Hall–Kier alpha value is -1.95. The Kier molecular flexibility index (Phi) is 7.61. The molecular formula is C27H39N3O4S. The Labute approximate surface area is 212 Å². The van der Waals surface area contributed by atoms with Crippen molar-refractivity contribution < 1.29 is 19.8 Å². The molecule has 0 bridgehead atoms. The van der Waals surface area contributed by atoms with Crippen LogP contribution >= 0.6 is 11.3 Å². The van der Waals surface area contributed by atoms with Gasteiger partial charge in [0.1, 0.15) is 0 Å². The molecule has 192 valence electrons. The molecule has 5 unspecified atom stereocenters. The molecule has 0 aromatic carbocycles. The number of thiazole rings is 1. The lowest BCUT2D eigenvalue weighted by molar-refractivity contribution is -0.146. The zero-order chi connectivity index (χ0) is 25.4. The molecule has 1 aromatic heterocycles. The summed E-state index contributed by atoms with van der Waals surface area (Å²) in [5.41, 5.74) is -0.117. The Balaban J connectivity index is 1.68. The van der Waals surface area contributed by atoms with E-state index in [9.17, 15) is 19.8 Å². The van der Waals surface area contributed by atoms with Gasteiger partial charge in [0.2, 0.25) is 11.8 Å². The molecule has 3 N–H and O–H groups in total. The molecule has 1 heterocycles. The number of rotatable bonds is 6. The average molecular weight is 502 g/mol. The molecule has 0 aliphatic heterocycles. The molecule has 7 nitrogen and oxygen atoms in total. The molecule has 8 heteroatoms. The maximum atomic E-state index is 13.2. The van der Waals surface area contributed by atoms with Gasteiger partial charge >= 0.3 is 0 Å². The highest BCUT2D eigenvalue weighted by Gasteiger charge is 2.59. The van der Waals surface area contributed by atoms with Gasteiger partial charge in [0, 0.05) is 35.6 Å². The number of aliphatic hydroxyl groups is 2. The molecule has 5 atom stereocenters. The number of aliphatic hydroxyl groups excluding tert-OH is 2. The maximum Gasteiger partial charge on any atom is 0.229 e. The van der Waals surface area contributed by atoms with E-state index in [0.717, 1.165) is 42.7 Å². The van der Waals surface area contributed by atoms with Gasteiger partial charge in [0.05, 0.1) is 24.9 Å². The van der Waals surface area contributed by atoms with Crippen LogP contribution in [0.1, 0.15) is 81.7 Å². The van der Waals surface area contributed by atoms with Crippen LogP contribution in [-0.2, 0) is 16.0 Å². The smallest absolute Gasteiger partial charge is 0.229 e. The van der Waals surface area contributed by atoms with Gasteiger partial charge in [-0.2, -0.15) is 0 Å². The van der Waals surface area contributed by atoms with E-state index in [1.807, 2.05) is 6.92 Å². The van der Waals surface area contributed by atoms with E-state index < -0.39 is 11.5 Å². The standard InChI is InChI=1S/C27H39N3O4S/c1-5-13-30(4)22(33)14-18-23-19(15-20-26(18,2)12-11-21(32)27(20,3)16-31)35-25(28-23)29-24(34)17-9-7-6-8-10-17/h1,17-18,20-21,31-32H,6-16H2,2-4H3,(H,28,29,34). The molecule has 35 heavy (non-hydrogen) atoms. The molecule has 4 rings (SSSR count). The minimum atomic E-state index is -0.674. The molecule has 2 amide bonds. The molecule has 1 aromatic rings. The molecule has 0 saturated heterocycles. The second-order valence-corrected chi connectivity index (χ2v) is 12.4. The minimum Gasteiger partial charge on any atom is -0.396 e. The molecule has 0 radical (unpaired) electrons. The van der Waals surface area contributed by atoms with E-state index in [-0.39, 0.29) is 54.6 Å². The second-order valence-electron chi connectivity index (χ2n) is 11.3. The highest BCUT2D eigenvalue weighted by atomic mass is 32.1. The van der Waals surface area contributed by atoms with Crippen molar-refractivity contribution in [2.75, 3.05) is 25.5 Å². The summed E-state index contributed by atoms with van der Waals surface area (Å²) in [6, 6.07) is 0. The van der Waals surface area contributed by atoms with E-state index in [0.29, 0.717) is 18.0 Å². The van der Waals surface area contributed by atoms with Crippen LogP contribution in [-0.4, -0.2) is 58.2 Å². The monoisotopic (exact) mass is 501 g/mol. The van der Waals surface area contributed by atoms with Gasteiger partial charge < -0.3 is 20.4 Å². The fourth-order valence-electron chi connectivity index (χ4n) is 6.83. The Morgan fingerprint density at radius 3 is 2.63 bits per heavy atom. The van der Waals surface area contributed by atoms with E-state index in [1.54, 1.807) is 11.9 Å². The van der Waals surface area contributed by atoms with Gasteiger partial charge in [-0.25, -0.2) is 4.98 Å². The summed E-state index contributed by atoms with van der Waals surface area (Å²) < 4.78 is 0. The topological polar surface area (TPSA) is 103 Å². The van der Waals surface area contributed by atoms with E-state index in [2.05, 4.69) is 18.2 Å². The summed E-state index contributed by atoms with van der Waals surface area (Å²) in [5.74, 6) is 2.36. The molecule has 3 aliphatic carbocycles. The van der Waals surface area contributed by atoms with Crippen molar-refractivity contribution in [2.45, 2.75) is 83.7 Å². The summed E-state index contributed by atoms with van der Waals surface area (Å²) >= 11 is 1.48. The van der Waals surface area contributed by atoms with Gasteiger partial charge in [0.25, 0.3) is 0 Å². The lowest BCUT2D eigenvalue weighted by Crippen LogP contribution is -2.57. The highest BCUT2D eigenvalue weighted by Crippen LogP contribution is 2.62.